The molecule has 0 atom stereocenters. The Kier molecular flexibility index (Phi) is 4.07. The van der Waals surface area contributed by atoms with Gasteiger partial charge in [0.05, 0.1) is 20.9 Å². The molecule has 0 aliphatic carbocycles. The molecule has 1 aromatic rings. The molecule has 0 aromatic heterocycles. The van der Waals surface area contributed by atoms with Gasteiger partial charge in [-0.2, -0.15) is 0 Å². The summed E-state index contributed by atoms with van der Waals surface area (Å²) in [6, 6.07) is 5.67. The van der Waals surface area contributed by atoms with Gasteiger partial charge in [-0.25, -0.2) is 0 Å². The van der Waals surface area contributed by atoms with Gasteiger partial charge in [0, 0.05) is 23.9 Å². The van der Waals surface area contributed by atoms with E-state index in [0.717, 1.165) is 17.2 Å². The molecule has 4 heteroatoms. The van der Waals surface area contributed by atoms with Crippen molar-refractivity contribution in [1.29, 1.82) is 0 Å². The molecule has 1 rings (SSSR count). The molecule has 0 amide bonds. The summed E-state index contributed by atoms with van der Waals surface area (Å²) in [5, 5.41) is 6.17. The van der Waals surface area contributed by atoms with Gasteiger partial charge in [0.25, 0.3) is 0 Å². The van der Waals surface area contributed by atoms with Crippen LogP contribution >= 0.6 is 0 Å². The highest BCUT2D eigenvalue weighted by Crippen LogP contribution is 2.25. The molecular formula is C10H16N2O2. The minimum Gasteiger partial charge on any atom is -0.497 e. The van der Waals surface area contributed by atoms with E-state index in [1.165, 1.54) is 0 Å². The minimum atomic E-state index is 0.705. The smallest absolute Gasteiger partial charge is 0.124 e. The number of hydrogen-bond acceptors (Lipinski definition) is 4. The van der Waals surface area contributed by atoms with Crippen LogP contribution in [0.2, 0.25) is 0 Å². The summed E-state index contributed by atoms with van der Waals surface area (Å²) < 4.78 is 10.3. The first kappa shape index (κ1) is 10.7. The molecule has 0 saturated carbocycles. The lowest BCUT2D eigenvalue weighted by molar-refractivity contribution is 0.394. The van der Waals surface area contributed by atoms with Crippen molar-refractivity contribution in [1.82, 2.24) is 5.32 Å². The summed E-state index contributed by atoms with van der Waals surface area (Å²) in [6.07, 6.45) is 0. The van der Waals surface area contributed by atoms with Crippen LogP contribution in [0.15, 0.2) is 18.2 Å². The van der Waals surface area contributed by atoms with E-state index in [-0.39, 0.29) is 0 Å². The molecular weight excluding hydrogens is 180 g/mol. The molecule has 0 aliphatic rings. The molecule has 2 N–H and O–H groups in total. The number of anilines is 1. The lowest BCUT2D eigenvalue weighted by Crippen LogP contribution is -2.16. The molecule has 0 saturated heterocycles. The van der Waals surface area contributed by atoms with Crippen LogP contribution in [0.4, 0.5) is 5.69 Å². The average molecular weight is 196 g/mol. The molecule has 0 fully saturated rings. The number of benzene rings is 1. The Morgan fingerprint density at radius 2 is 1.64 bits per heavy atom. The predicted octanol–water partition coefficient (Wildman–Crippen LogP) is 1.29. The van der Waals surface area contributed by atoms with Crippen LogP contribution in [0.25, 0.3) is 0 Å². The molecule has 0 bridgehead atoms. The summed E-state index contributed by atoms with van der Waals surface area (Å²) in [4.78, 5) is 0. The van der Waals surface area contributed by atoms with Crippen molar-refractivity contribution in [2.45, 2.75) is 0 Å². The SMILES string of the molecule is CNCNc1cc(OC)cc(OC)c1. The van der Waals surface area contributed by atoms with Crippen molar-refractivity contribution in [2.24, 2.45) is 0 Å². The monoisotopic (exact) mass is 196 g/mol. The van der Waals surface area contributed by atoms with Crippen molar-refractivity contribution in [2.75, 3.05) is 33.3 Å². The Morgan fingerprint density at radius 3 is 2.07 bits per heavy atom. The molecule has 14 heavy (non-hydrogen) atoms. The van der Waals surface area contributed by atoms with Gasteiger partial charge < -0.3 is 20.1 Å². The first-order valence-electron chi connectivity index (χ1n) is 4.41. The number of nitrogens with one attached hydrogen (secondary N) is 2. The van der Waals surface area contributed by atoms with E-state index >= 15 is 0 Å². The van der Waals surface area contributed by atoms with Crippen molar-refractivity contribution in [3.05, 3.63) is 18.2 Å². The molecule has 0 unspecified atom stereocenters. The van der Waals surface area contributed by atoms with Crippen LogP contribution in [0.3, 0.4) is 0 Å². The molecule has 0 aliphatic heterocycles. The number of ether oxygens (including phenoxy) is 2. The topological polar surface area (TPSA) is 42.5 Å². The highest BCUT2D eigenvalue weighted by molar-refractivity contribution is 5.53. The molecule has 0 radical (unpaired) electrons. The van der Waals surface area contributed by atoms with Crippen LogP contribution in [-0.2, 0) is 0 Å². The van der Waals surface area contributed by atoms with Crippen LogP contribution in [0.5, 0.6) is 11.5 Å². The second-order valence-electron chi connectivity index (χ2n) is 2.81. The maximum Gasteiger partial charge on any atom is 0.124 e. The van der Waals surface area contributed by atoms with E-state index in [1.54, 1.807) is 14.2 Å². The standard InChI is InChI=1S/C10H16N2O2/c1-11-7-12-8-4-9(13-2)6-10(5-8)14-3/h4-6,11-12H,7H2,1-3H3. The zero-order valence-corrected chi connectivity index (χ0v) is 8.76. The lowest BCUT2D eigenvalue weighted by Gasteiger charge is -2.09. The van der Waals surface area contributed by atoms with Crippen molar-refractivity contribution in [3.63, 3.8) is 0 Å². The van der Waals surface area contributed by atoms with Gasteiger partial charge in [0.15, 0.2) is 0 Å². The summed E-state index contributed by atoms with van der Waals surface area (Å²) in [5.41, 5.74) is 0.968. The first-order valence-corrected chi connectivity index (χ1v) is 4.41. The lowest BCUT2D eigenvalue weighted by atomic mass is 10.3. The van der Waals surface area contributed by atoms with Crippen molar-refractivity contribution < 1.29 is 9.47 Å². The first-order chi connectivity index (χ1) is 6.80. The maximum atomic E-state index is 5.14. The van der Waals surface area contributed by atoms with Gasteiger partial charge >= 0.3 is 0 Å². The third kappa shape index (κ3) is 2.81. The minimum absolute atomic E-state index is 0.705. The third-order valence-electron chi connectivity index (χ3n) is 1.82. The van der Waals surface area contributed by atoms with Crippen LogP contribution < -0.4 is 20.1 Å². The van der Waals surface area contributed by atoms with E-state index < -0.39 is 0 Å². The van der Waals surface area contributed by atoms with Gasteiger partial charge in [-0.3, -0.25) is 0 Å². The van der Waals surface area contributed by atoms with Gasteiger partial charge in [0.2, 0.25) is 0 Å². The van der Waals surface area contributed by atoms with E-state index in [4.69, 9.17) is 9.47 Å². The molecule has 0 spiro atoms. The number of rotatable bonds is 5. The molecule has 0 heterocycles. The summed E-state index contributed by atoms with van der Waals surface area (Å²) in [5.74, 6) is 1.56. The predicted molar refractivity (Wildman–Crippen MR) is 57.1 cm³/mol. The largest absolute Gasteiger partial charge is 0.497 e. The highest BCUT2D eigenvalue weighted by atomic mass is 16.5. The van der Waals surface area contributed by atoms with Crippen molar-refractivity contribution >= 4 is 5.69 Å². The third-order valence-corrected chi connectivity index (χ3v) is 1.82. The van der Waals surface area contributed by atoms with E-state index in [9.17, 15) is 0 Å². The fourth-order valence-corrected chi connectivity index (χ4v) is 1.10. The Balaban J connectivity index is 2.81. The highest BCUT2D eigenvalue weighted by Gasteiger charge is 2.00. The number of methoxy groups -OCH3 is 2. The Labute approximate surface area is 84.2 Å². The summed E-state index contributed by atoms with van der Waals surface area (Å²) >= 11 is 0. The average Bonchev–Trinajstić information content (AvgIpc) is 2.25. The van der Waals surface area contributed by atoms with Gasteiger partial charge in [0.1, 0.15) is 11.5 Å². The van der Waals surface area contributed by atoms with E-state index in [2.05, 4.69) is 10.6 Å². The zero-order valence-electron chi connectivity index (χ0n) is 8.76. The van der Waals surface area contributed by atoms with Gasteiger partial charge in [-0.05, 0) is 7.05 Å². The van der Waals surface area contributed by atoms with Gasteiger partial charge in [-0.1, -0.05) is 0 Å². The van der Waals surface area contributed by atoms with Crippen LogP contribution in [-0.4, -0.2) is 27.9 Å². The Morgan fingerprint density at radius 1 is 1.07 bits per heavy atom. The maximum absolute atomic E-state index is 5.14. The van der Waals surface area contributed by atoms with Crippen molar-refractivity contribution in [3.8, 4) is 11.5 Å². The fourth-order valence-electron chi connectivity index (χ4n) is 1.10. The normalized spacial score (nSPS) is 9.64. The quantitative estimate of drug-likeness (QED) is 0.696. The number of hydrogen-bond donors (Lipinski definition) is 2. The van der Waals surface area contributed by atoms with E-state index in [0.29, 0.717) is 6.67 Å². The van der Waals surface area contributed by atoms with E-state index in [1.807, 2.05) is 25.2 Å². The molecule has 4 nitrogen and oxygen atoms in total. The van der Waals surface area contributed by atoms with Gasteiger partial charge in [-0.15, -0.1) is 0 Å². The molecule has 1 aromatic carbocycles. The Hall–Kier alpha value is -1.42. The summed E-state index contributed by atoms with van der Waals surface area (Å²) in [6.45, 7) is 0.705. The zero-order chi connectivity index (χ0) is 10.4. The van der Waals surface area contributed by atoms with Crippen LogP contribution in [0.1, 0.15) is 0 Å². The molecule has 78 valence electrons. The second-order valence-corrected chi connectivity index (χ2v) is 2.81. The second kappa shape index (κ2) is 5.34. The summed E-state index contributed by atoms with van der Waals surface area (Å²) in [7, 11) is 5.15. The fraction of sp³-hybridized carbons (Fsp3) is 0.400. The Bertz CT molecular complexity index is 267. The van der Waals surface area contributed by atoms with Crippen LogP contribution in [0, 0.1) is 0 Å².